The van der Waals surface area contributed by atoms with Crippen LogP contribution in [0.2, 0.25) is 0 Å². The average Bonchev–Trinajstić information content (AvgIpc) is 2.08. The Hall–Kier alpha value is -1.78. The van der Waals surface area contributed by atoms with E-state index in [9.17, 15) is 4.79 Å². The summed E-state index contributed by atoms with van der Waals surface area (Å²) in [4.78, 5) is 34.9. The number of rotatable bonds is 2. The van der Waals surface area contributed by atoms with Crippen LogP contribution in [0, 0.1) is 0 Å². The van der Waals surface area contributed by atoms with Crippen LogP contribution in [0.3, 0.4) is 0 Å². The van der Waals surface area contributed by atoms with Gasteiger partial charge in [-0.15, -0.1) is 0 Å². The number of hydrogen-bond donors (Lipinski definition) is 1. The zero-order valence-electron chi connectivity index (χ0n) is 5.73. The van der Waals surface area contributed by atoms with E-state index in [1.807, 2.05) is 6.79 Å². The molecule has 0 saturated carbocycles. The fraction of sp³-hybridized carbons (Fsp3) is 0. The highest BCUT2D eigenvalue weighted by atomic mass is 16.4. The molecule has 0 saturated heterocycles. The molecule has 0 aliphatic carbocycles. The number of aldehydes is 2. The maximum absolute atomic E-state index is 9.25. The predicted molar refractivity (Wildman–Crippen MR) is 37.1 cm³/mol. The van der Waals surface area contributed by atoms with E-state index in [0.29, 0.717) is 0 Å². The van der Waals surface area contributed by atoms with Crippen molar-refractivity contribution < 1.29 is 24.3 Å². The van der Waals surface area contributed by atoms with Crippen molar-refractivity contribution in [2.75, 3.05) is 0 Å². The molecular weight excluding hydrogens is 152 g/mol. The molecule has 0 aromatic heterocycles. The van der Waals surface area contributed by atoms with E-state index in [1.54, 1.807) is 0 Å². The molecule has 0 amide bonds. The van der Waals surface area contributed by atoms with Gasteiger partial charge in [0.1, 0.15) is 6.79 Å². The van der Waals surface area contributed by atoms with Crippen molar-refractivity contribution in [3.63, 3.8) is 0 Å². The van der Waals surface area contributed by atoms with Crippen LogP contribution in [0.15, 0.2) is 12.7 Å². The molecular formula is C6H8O5. The van der Waals surface area contributed by atoms with E-state index in [2.05, 4.69) is 6.58 Å². The van der Waals surface area contributed by atoms with Crippen molar-refractivity contribution in [3.05, 3.63) is 12.7 Å². The average molecular weight is 160 g/mol. The number of aliphatic carboxylic acids is 1. The highest BCUT2D eigenvalue weighted by Crippen LogP contribution is 1.54. The summed E-state index contributed by atoms with van der Waals surface area (Å²) in [5.74, 6) is -0.981. The molecule has 0 bridgehead atoms. The van der Waals surface area contributed by atoms with Crippen molar-refractivity contribution in [2.24, 2.45) is 0 Å². The predicted octanol–water partition coefficient (Wildman–Crippen LogP) is -0.544. The largest absolute Gasteiger partial charge is 0.478 e. The number of carbonyl (C=O) groups is 4. The van der Waals surface area contributed by atoms with Crippen LogP contribution in [0.4, 0.5) is 0 Å². The van der Waals surface area contributed by atoms with Crippen molar-refractivity contribution in [3.8, 4) is 0 Å². The Kier molecular flexibility index (Phi) is 35.2. The van der Waals surface area contributed by atoms with Gasteiger partial charge >= 0.3 is 5.97 Å². The van der Waals surface area contributed by atoms with E-state index in [4.69, 9.17) is 19.5 Å². The van der Waals surface area contributed by atoms with Crippen molar-refractivity contribution >= 4 is 25.3 Å². The first-order chi connectivity index (χ1) is 5.18. The molecule has 0 radical (unpaired) electrons. The lowest BCUT2D eigenvalue weighted by molar-refractivity contribution is -0.131. The van der Waals surface area contributed by atoms with Crippen LogP contribution in [0.1, 0.15) is 0 Å². The van der Waals surface area contributed by atoms with Crippen LogP contribution in [0.25, 0.3) is 0 Å². The Morgan fingerprint density at radius 1 is 1.18 bits per heavy atom. The first-order valence-corrected chi connectivity index (χ1v) is 2.22. The molecule has 0 spiro atoms. The molecule has 1 N–H and O–H groups in total. The minimum atomic E-state index is -0.981. The van der Waals surface area contributed by atoms with Crippen molar-refractivity contribution in [1.82, 2.24) is 0 Å². The molecule has 5 nitrogen and oxygen atoms in total. The molecule has 0 unspecified atom stereocenters. The van der Waals surface area contributed by atoms with Crippen LogP contribution >= 0.6 is 0 Å². The Morgan fingerprint density at radius 3 is 1.36 bits per heavy atom. The Morgan fingerprint density at radius 2 is 1.36 bits per heavy atom. The lowest BCUT2D eigenvalue weighted by Gasteiger charge is -1.64. The summed E-state index contributed by atoms with van der Waals surface area (Å²) in [5.41, 5.74) is 0. The summed E-state index contributed by atoms with van der Waals surface area (Å²) in [6.07, 6.45) is 1.22. The molecule has 0 aliphatic heterocycles. The third-order valence-electron chi connectivity index (χ3n) is 0.230. The Balaban J connectivity index is -0.0000000965. The molecule has 0 aromatic rings. The van der Waals surface area contributed by atoms with Gasteiger partial charge in [0.2, 0.25) is 0 Å². The zero-order valence-corrected chi connectivity index (χ0v) is 5.73. The van der Waals surface area contributed by atoms with Gasteiger partial charge < -0.3 is 9.90 Å². The molecule has 0 aliphatic rings. The molecule has 0 heterocycles. The van der Waals surface area contributed by atoms with E-state index in [0.717, 1.165) is 6.08 Å². The molecule has 0 rings (SSSR count). The monoisotopic (exact) mass is 160 g/mol. The smallest absolute Gasteiger partial charge is 0.327 e. The fourth-order valence-electron chi connectivity index (χ4n) is 0. The van der Waals surface area contributed by atoms with Crippen LogP contribution < -0.4 is 0 Å². The third-order valence-corrected chi connectivity index (χ3v) is 0.230. The van der Waals surface area contributed by atoms with Gasteiger partial charge in [-0.2, -0.15) is 0 Å². The van der Waals surface area contributed by atoms with Crippen molar-refractivity contribution in [1.29, 1.82) is 0 Å². The Bertz CT molecular complexity index is 123. The van der Waals surface area contributed by atoms with Gasteiger partial charge in [-0.05, 0) is 0 Å². The summed E-state index contributed by atoms with van der Waals surface area (Å²) >= 11 is 0. The van der Waals surface area contributed by atoms with E-state index >= 15 is 0 Å². The van der Waals surface area contributed by atoms with Crippen LogP contribution in [-0.4, -0.2) is 30.4 Å². The second kappa shape index (κ2) is 24.1. The fourth-order valence-corrected chi connectivity index (χ4v) is 0. The molecule has 0 aromatic carbocycles. The lowest BCUT2D eigenvalue weighted by atomic mass is 10.7. The van der Waals surface area contributed by atoms with E-state index in [1.165, 1.54) is 0 Å². The molecule has 11 heavy (non-hydrogen) atoms. The van der Waals surface area contributed by atoms with Gasteiger partial charge in [0.05, 0.1) is 0 Å². The summed E-state index contributed by atoms with van der Waals surface area (Å²) in [7, 11) is 0. The van der Waals surface area contributed by atoms with Crippen molar-refractivity contribution in [2.45, 2.75) is 0 Å². The summed E-state index contributed by atoms with van der Waals surface area (Å²) in [5, 5.41) is 7.60. The second-order valence-electron chi connectivity index (χ2n) is 0.815. The molecule has 0 fully saturated rings. The highest BCUT2D eigenvalue weighted by Gasteiger charge is 1.73. The van der Waals surface area contributed by atoms with Gasteiger partial charge in [-0.1, -0.05) is 6.58 Å². The van der Waals surface area contributed by atoms with Gasteiger partial charge in [0.25, 0.3) is 0 Å². The first-order valence-electron chi connectivity index (χ1n) is 2.22. The van der Waals surface area contributed by atoms with E-state index in [-0.39, 0.29) is 12.6 Å². The quantitative estimate of drug-likeness (QED) is 0.333. The summed E-state index contributed by atoms with van der Waals surface area (Å²) in [6.45, 7) is 4.96. The summed E-state index contributed by atoms with van der Waals surface area (Å²) in [6, 6.07) is 0. The minimum Gasteiger partial charge on any atom is -0.478 e. The maximum Gasteiger partial charge on any atom is 0.327 e. The highest BCUT2D eigenvalue weighted by molar-refractivity contribution is 6.09. The zero-order chi connectivity index (χ0) is 9.70. The Labute approximate surface area is 63.3 Å². The van der Waals surface area contributed by atoms with E-state index < -0.39 is 5.97 Å². The molecule has 62 valence electrons. The minimum absolute atomic E-state index is 0.194. The second-order valence-corrected chi connectivity index (χ2v) is 0.815. The first kappa shape index (κ1) is 16.1. The van der Waals surface area contributed by atoms with Crippen LogP contribution in [0.5, 0.6) is 0 Å². The third kappa shape index (κ3) is 214. The number of carboxylic acid groups (broad SMARTS) is 1. The molecule has 0 atom stereocenters. The van der Waals surface area contributed by atoms with Gasteiger partial charge in [0, 0.05) is 6.08 Å². The number of carboxylic acids is 1. The molecule has 5 heteroatoms. The standard InChI is InChI=1S/C3H4O2.C2H2O2.CH2O/c1-2-3(4)5;3-1-2-4;1-2/h2H,1H2,(H,4,5);1-2H;1H2. The SMILES string of the molecule is C=CC(=O)O.C=O.O=CC=O. The van der Waals surface area contributed by atoms with Gasteiger partial charge in [-0.3, -0.25) is 9.59 Å². The topological polar surface area (TPSA) is 88.5 Å². The van der Waals surface area contributed by atoms with Gasteiger partial charge in [-0.25, -0.2) is 4.79 Å². The lowest BCUT2D eigenvalue weighted by Crippen LogP contribution is -1.82. The number of hydrogen-bond acceptors (Lipinski definition) is 4. The van der Waals surface area contributed by atoms with Gasteiger partial charge in [0.15, 0.2) is 12.6 Å². The maximum atomic E-state index is 9.25. The summed E-state index contributed by atoms with van der Waals surface area (Å²) < 4.78 is 0. The van der Waals surface area contributed by atoms with Crippen LogP contribution in [-0.2, 0) is 19.2 Å². The normalized spacial score (nSPS) is 5.09. The number of carbonyl (C=O) groups excluding carboxylic acids is 3.